The van der Waals surface area contributed by atoms with Crippen LogP contribution in [-0.4, -0.2) is 0 Å². The Morgan fingerprint density at radius 3 is 2.50 bits per heavy atom. The van der Waals surface area contributed by atoms with Crippen LogP contribution in [0.15, 0.2) is 12.1 Å². The maximum absolute atomic E-state index is 12.9. The normalized spacial score (nSPS) is 13.0. The summed E-state index contributed by atoms with van der Waals surface area (Å²) in [4.78, 5) is 0. The molecular formula is C8H10ClFN2. The van der Waals surface area contributed by atoms with Gasteiger partial charge in [0.1, 0.15) is 5.82 Å². The molecule has 1 rings (SSSR count). The molecule has 0 unspecified atom stereocenters. The second-order valence-corrected chi connectivity index (χ2v) is 3.09. The smallest absolute Gasteiger partial charge is 0.147 e. The van der Waals surface area contributed by atoms with E-state index in [1.54, 1.807) is 13.0 Å². The first kappa shape index (κ1) is 9.29. The molecule has 0 saturated heterocycles. The number of hydrogen-bond donors (Lipinski definition) is 2. The highest BCUT2D eigenvalue weighted by Crippen LogP contribution is 2.25. The zero-order chi connectivity index (χ0) is 9.30. The Labute approximate surface area is 75.3 Å². The van der Waals surface area contributed by atoms with Gasteiger partial charge in [-0.3, -0.25) is 0 Å². The summed E-state index contributed by atoms with van der Waals surface area (Å²) in [5, 5.41) is 0.210. The Balaban J connectivity index is 3.21. The molecule has 0 aromatic heterocycles. The van der Waals surface area contributed by atoms with Gasteiger partial charge < -0.3 is 11.5 Å². The van der Waals surface area contributed by atoms with Gasteiger partial charge in [-0.25, -0.2) is 4.39 Å². The fourth-order valence-electron chi connectivity index (χ4n) is 0.867. The molecule has 12 heavy (non-hydrogen) atoms. The second-order valence-electron chi connectivity index (χ2n) is 2.69. The zero-order valence-electron chi connectivity index (χ0n) is 6.64. The predicted octanol–water partition coefficient (Wildman–Crippen LogP) is 2.08. The monoisotopic (exact) mass is 188 g/mol. The average molecular weight is 189 g/mol. The SMILES string of the molecule is C[C@@H](N)c1cc(F)c(N)c(Cl)c1. The summed E-state index contributed by atoms with van der Waals surface area (Å²) in [5.74, 6) is -0.519. The van der Waals surface area contributed by atoms with E-state index in [-0.39, 0.29) is 16.8 Å². The van der Waals surface area contributed by atoms with E-state index in [9.17, 15) is 4.39 Å². The van der Waals surface area contributed by atoms with E-state index >= 15 is 0 Å². The van der Waals surface area contributed by atoms with Crippen LogP contribution in [0.2, 0.25) is 5.02 Å². The zero-order valence-corrected chi connectivity index (χ0v) is 7.40. The van der Waals surface area contributed by atoms with Crippen molar-refractivity contribution in [3.63, 3.8) is 0 Å². The van der Waals surface area contributed by atoms with E-state index in [0.29, 0.717) is 5.56 Å². The molecule has 0 aliphatic carbocycles. The van der Waals surface area contributed by atoms with Crippen molar-refractivity contribution in [2.75, 3.05) is 5.73 Å². The molecule has 0 spiro atoms. The molecule has 0 amide bonds. The quantitative estimate of drug-likeness (QED) is 0.663. The van der Waals surface area contributed by atoms with Gasteiger partial charge >= 0.3 is 0 Å². The summed E-state index contributed by atoms with van der Waals surface area (Å²) < 4.78 is 12.9. The van der Waals surface area contributed by atoms with Crippen LogP contribution in [0.1, 0.15) is 18.5 Å². The maximum Gasteiger partial charge on any atom is 0.147 e. The molecule has 0 bridgehead atoms. The molecule has 1 atom stereocenters. The Kier molecular flexibility index (Phi) is 2.55. The molecule has 0 heterocycles. The van der Waals surface area contributed by atoms with Gasteiger partial charge in [0.25, 0.3) is 0 Å². The number of halogens is 2. The summed E-state index contributed by atoms with van der Waals surface area (Å²) in [6.45, 7) is 1.75. The first-order valence-corrected chi connectivity index (χ1v) is 3.90. The van der Waals surface area contributed by atoms with Crippen molar-refractivity contribution in [2.45, 2.75) is 13.0 Å². The lowest BCUT2D eigenvalue weighted by molar-refractivity contribution is 0.627. The third-order valence-electron chi connectivity index (χ3n) is 1.63. The highest BCUT2D eigenvalue weighted by atomic mass is 35.5. The first-order chi connectivity index (χ1) is 5.52. The lowest BCUT2D eigenvalue weighted by atomic mass is 10.1. The highest BCUT2D eigenvalue weighted by molar-refractivity contribution is 6.33. The van der Waals surface area contributed by atoms with Crippen LogP contribution >= 0.6 is 11.6 Å². The fraction of sp³-hybridized carbons (Fsp3) is 0.250. The van der Waals surface area contributed by atoms with Crippen LogP contribution in [0.5, 0.6) is 0 Å². The fourth-order valence-corrected chi connectivity index (χ4v) is 1.08. The molecule has 0 saturated carbocycles. The maximum atomic E-state index is 12.9. The van der Waals surface area contributed by atoms with E-state index in [1.807, 2.05) is 0 Å². The number of nitrogen functional groups attached to an aromatic ring is 1. The number of hydrogen-bond acceptors (Lipinski definition) is 2. The molecule has 1 aromatic rings. The van der Waals surface area contributed by atoms with Gasteiger partial charge in [0.2, 0.25) is 0 Å². The summed E-state index contributed by atoms with van der Waals surface area (Å²) in [6, 6.07) is 2.63. The molecule has 1 aromatic carbocycles. The number of benzene rings is 1. The van der Waals surface area contributed by atoms with Crippen molar-refractivity contribution in [3.05, 3.63) is 28.5 Å². The van der Waals surface area contributed by atoms with E-state index in [4.69, 9.17) is 23.1 Å². The minimum atomic E-state index is -0.519. The minimum Gasteiger partial charge on any atom is -0.395 e. The molecule has 4 heteroatoms. The van der Waals surface area contributed by atoms with Crippen LogP contribution < -0.4 is 11.5 Å². The van der Waals surface area contributed by atoms with Crippen LogP contribution in [0, 0.1) is 5.82 Å². The van der Waals surface area contributed by atoms with Crippen molar-refractivity contribution >= 4 is 17.3 Å². The van der Waals surface area contributed by atoms with E-state index in [2.05, 4.69) is 0 Å². The Hall–Kier alpha value is -0.800. The number of rotatable bonds is 1. The largest absolute Gasteiger partial charge is 0.395 e. The molecule has 0 aliphatic rings. The van der Waals surface area contributed by atoms with Gasteiger partial charge in [0.05, 0.1) is 10.7 Å². The second kappa shape index (κ2) is 3.29. The van der Waals surface area contributed by atoms with Crippen LogP contribution in [0.3, 0.4) is 0 Å². The summed E-state index contributed by atoms with van der Waals surface area (Å²) >= 11 is 5.64. The van der Waals surface area contributed by atoms with E-state index in [1.165, 1.54) is 6.07 Å². The van der Waals surface area contributed by atoms with Crippen molar-refractivity contribution in [1.29, 1.82) is 0 Å². The topological polar surface area (TPSA) is 52.0 Å². The standard InChI is InChI=1S/C8H10ClFN2/c1-4(11)5-2-6(9)8(12)7(10)3-5/h2-4H,11-12H2,1H3/t4-/m1/s1. The molecule has 2 nitrogen and oxygen atoms in total. The van der Waals surface area contributed by atoms with Crippen LogP contribution in [0.25, 0.3) is 0 Å². The summed E-state index contributed by atoms with van der Waals surface area (Å²) in [6.07, 6.45) is 0. The summed E-state index contributed by atoms with van der Waals surface area (Å²) in [7, 11) is 0. The van der Waals surface area contributed by atoms with Crippen LogP contribution in [0.4, 0.5) is 10.1 Å². The molecular weight excluding hydrogens is 179 g/mol. The molecule has 66 valence electrons. The van der Waals surface area contributed by atoms with Gasteiger partial charge in [-0.2, -0.15) is 0 Å². The third-order valence-corrected chi connectivity index (χ3v) is 1.94. The van der Waals surface area contributed by atoms with Gasteiger partial charge in [0.15, 0.2) is 0 Å². The number of anilines is 1. The molecule has 0 fully saturated rings. The van der Waals surface area contributed by atoms with Crippen molar-refractivity contribution < 1.29 is 4.39 Å². The Morgan fingerprint density at radius 2 is 2.08 bits per heavy atom. The van der Waals surface area contributed by atoms with Gasteiger partial charge in [-0.1, -0.05) is 11.6 Å². The molecule has 0 aliphatic heterocycles. The van der Waals surface area contributed by atoms with Crippen molar-refractivity contribution in [2.24, 2.45) is 5.73 Å². The van der Waals surface area contributed by atoms with E-state index in [0.717, 1.165) is 0 Å². The lowest BCUT2D eigenvalue weighted by Crippen LogP contribution is -2.06. The summed E-state index contributed by atoms with van der Waals surface area (Å²) in [5.41, 5.74) is 11.5. The third kappa shape index (κ3) is 1.68. The van der Waals surface area contributed by atoms with Crippen LogP contribution in [-0.2, 0) is 0 Å². The van der Waals surface area contributed by atoms with Crippen molar-refractivity contribution in [3.8, 4) is 0 Å². The highest BCUT2D eigenvalue weighted by Gasteiger charge is 2.08. The lowest BCUT2D eigenvalue weighted by Gasteiger charge is -2.07. The van der Waals surface area contributed by atoms with Gasteiger partial charge in [0, 0.05) is 6.04 Å². The van der Waals surface area contributed by atoms with Gasteiger partial charge in [-0.05, 0) is 24.6 Å². The molecule has 0 radical (unpaired) electrons. The van der Waals surface area contributed by atoms with Crippen molar-refractivity contribution in [1.82, 2.24) is 0 Å². The Morgan fingerprint density at radius 1 is 1.50 bits per heavy atom. The Bertz CT molecular complexity index is 276. The predicted molar refractivity (Wildman–Crippen MR) is 48.4 cm³/mol. The molecule has 4 N–H and O–H groups in total. The minimum absolute atomic E-state index is 0.0268. The first-order valence-electron chi connectivity index (χ1n) is 3.52. The number of nitrogens with two attached hydrogens (primary N) is 2. The van der Waals surface area contributed by atoms with E-state index < -0.39 is 5.82 Å². The van der Waals surface area contributed by atoms with Gasteiger partial charge in [-0.15, -0.1) is 0 Å². The average Bonchev–Trinajstić information content (AvgIpc) is 1.99.